The van der Waals surface area contributed by atoms with Crippen LogP contribution in [-0.4, -0.2) is 66.3 Å². The van der Waals surface area contributed by atoms with E-state index >= 15 is 0 Å². The largest absolute Gasteiger partial charge is 0.481 e. The monoisotopic (exact) mass is 401 g/mol. The molecule has 0 unspecified atom stereocenters. The maximum atomic E-state index is 12.4. The van der Waals surface area contributed by atoms with E-state index in [2.05, 4.69) is 11.9 Å². The third-order valence-electron chi connectivity index (χ3n) is 4.51. The molecule has 0 spiro atoms. The van der Waals surface area contributed by atoms with Gasteiger partial charge in [-0.15, -0.1) is 6.58 Å². The first-order chi connectivity index (χ1) is 12.9. The quantitative estimate of drug-likeness (QED) is 0.623. The number of fused-ring (bicyclic) bond motifs is 1. The number of carboxylic acids is 1. The number of amides is 1. The smallest absolute Gasteiger partial charge is 0.407 e. The fraction of sp³-hybridized carbons (Fsp3) is 0.789. The standard InChI is InChI=1S/C19H31NO8/c1-8-9-10(15(21)22)11(20-17(23)28-18(2,3)4)12-13(24-7)14-16(25-12)27-19(5,6)26-14/h8,10-14,16H,1,9H2,2-7H3,(H,20,23)(H,21,22)/t10-,11-,12+,13-,14+,16+/m0/s1. The van der Waals surface area contributed by atoms with Gasteiger partial charge in [-0.3, -0.25) is 4.79 Å². The van der Waals surface area contributed by atoms with Crippen LogP contribution in [0.5, 0.6) is 0 Å². The van der Waals surface area contributed by atoms with Crippen LogP contribution < -0.4 is 5.32 Å². The number of carbonyl (C=O) groups excluding carboxylic acids is 1. The van der Waals surface area contributed by atoms with Gasteiger partial charge in [0.15, 0.2) is 12.1 Å². The fourth-order valence-corrected chi connectivity index (χ4v) is 3.50. The molecule has 0 aromatic rings. The minimum atomic E-state index is -1.10. The summed E-state index contributed by atoms with van der Waals surface area (Å²) in [6.07, 6.45) is -1.88. The maximum Gasteiger partial charge on any atom is 0.407 e. The molecular weight excluding hydrogens is 370 g/mol. The number of carboxylic acid groups (broad SMARTS) is 1. The van der Waals surface area contributed by atoms with Crippen LogP contribution in [0.4, 0.5) is 4.79 Å². The number of methoxy groups -OCH3 is 1. The molecule has 6 atom stereocenters. The molecule has 28 heavy (non-hydrogen) atoms. The number of rotatable bonds is 7. The van der Waals surface area contributed by atoms with Crippen LogP contribution in [0.25, 0.3) is 0 Å². The van der Waals surface area contributed by atoms with Crippen LogP contribution in [0, 0.1) is 5.92 Å². The molecule has 0 radical (unpaired) electrons. The number of carbonyl (C=O) groups is 2. The molecule has 0 aromatic heterocycles. The van der Waals surface area contributed by atoms with E-state index < -0.39 is 60.0 Å². The van der Waals surface area contributed by atoms with E-state index in [1.165, 1.54) is 13.2 Å². The fourth-order valence-electron chi connectivity index (χ4n) is 3.50. The maximum absolute atomic E-state index is 12.4. The van der Waals surface area contributed by atoms with Crippen LogP contribution in [-0.2, 0) is 28.5 Å². The predicted molar refractivity (Wildman–Crippen MR) is 98.6 cm³/mol. The first-order valence-corrected chi connectivity index (χ1v) is 9.25. The molecule has 9 heteroatoms. The van der Waals surface area contributed by atoms with E-state index in [1.807, 2.05) is 0 Å². The summed E-state index contributed by atoms with van der Waals surface area (Å²) in [4.78, 5) is 24.3. The second kappa shape index (κ2) is 8.36. The molecule has 0 saturated carbocycles. The van der Waals surface area contributed by atoms with Crippen molar-refractivity contribution in [2.24, 2.45) is 5.92 Å². The van der Waals surface area contributed by atoms with Gasteiger partial charge in [-0.05, 0) is 41.0 Å². The Hall–Kier alpha value is -1.68. The number of hydrogen-bond acceptors (Lipinski definition) is 7. The lowest BCUT2D eigenvalue weighted by atomic mass is 9.89. The first kappa shape index (κ1) is 22.6. The second-order valence-corrected chi connectivity index (χ2v) is 8.41. The molecular formula is C19H31NO8. The average Bonchev–Trinajstić information content (AvgIpc) is 2.99. The molecule has 2 saturated heterocycles. The Balaban J connectivity index is 2.29. The lowest BCUT2D eigenvalue weighted by Gasteiger charge is -2.34. The molecule has 2 aliphatic heterocycles. The molecule has 2 aliphatic rings. The molecule has 9 nitrogen and oxygen atoms in total. The zero-order valence-electron chi connectivity index (χ0n) is 17.3. The first-order valence-electron chi connectivity index (χ1n) is 9.25. The van der Waals surface area contributed by atoms with Gasteiger partial charge in [0.1, 0.15) is 23.9 Å². The summed E-state index contributed by atoms with van der Waals surface area (Å²) in [5.41, 5.74) is -0.740. The van der Waals surface area contributed by atoms with Gasteiger partial charge >= 0.3 is 12.1 Å². The van der Waals surface area contributed by atoms with Crippen molar-refractivity contribution in [3.05, 3.63) is 12.7 Å². The second-order valence-electron chi connectivity index (χ2n) is 8.41. The van der Waals surface area contributed by atoms with Gasteiger partial charge < -0.3 is 34.1 Å². The summed E-state index contributed by atoms with van der Waals surface area (Å²) in [5, 5.41) is 12.4. The van der Waals surface area contributed by atoms with Crippen LogP contribution in [0.1, 0.15) is 41.0 Å². The normalized spacial score (nSPS) is 30.9. The lowest BCUT2D eigenvalue weighted by molar-refractivity contribution is -0.221. The van der Waals surface area contributed by atoms with Crippen molar-refractivity contribution < 1.29 is 38.4 Å². The average molecular weight is 401 g/mol. The highest BCUT2D eigenvalue weighted by Gasteiger charge is 2.58. The Morgan fingerprint density at radius 2 is 1.96 bits per heavy atom. The van der Waals surface area contributed by atoms with Crippen molar-refractivity contribution in [2.75, 3.05) is 7.11 Å². The number of hydrogen-bond donors (Lipinski definition) is 2. The number of nitrogens with one attached hydrogen (secondary N) is 1. The van der Waals surface area contributed by atoms with Crippen molar-refractivity contribution in [1.29, 1.82) is 0 Å². The van der Waals surface area contributed by atoms with E-state index in [9.17, 15) is 14.7 Å². The Labute approximate surface area is 165 Å². The molecule has 2 rings (SSSR count). The van der Waals surface area contributed by atoms with Crippen molar-refractivity contribution in [3.63, 3.8) is 0 Å². The lowest BCUT2D eigenvalue weighted by Crippen LogP contribution is -2.56. The highest BCUT2D eigenvalue weighted by atomic mass is 16.8. The van der Waals surface area contributed by atoms with Crippen molar-refractivity contribution in [3.8, 4) is 0 Å². The van der Waals surface area contributed by atoms with Crippen LogP contribution in [0.3, 0.4) is 0 Å². The minimum absolute atomic E-state index is 0.120. The van der Waals surface area contributed by atoms with Crippen LogP contribution in [0.15, 0.2) is 12.7 Å². The van der Waals surface area contributed by atoms with Gasteiger partial charge in [0.2, 0.25) is 0 Å². The molecule has 0 aromatic carbocycles. The molecule has 0 aliphatic carbocycles. The number of ether oxygens (including phenoxy) is 5. The van der Waals surface area contributed by atoms with Crippen molar-refractivity contribution >= 4 is 12.1 Å². The molecule has 2 fully saturated rings. The number of alkyl carbamates (subject to hydrolysis) is 1. The summed E-state index contributed by atoms with van der Waals surface area (Å²) < 4.78 is 28.4. The topological polar surface area (TPSA) is 113 Å². The third-order valence-corrected chi connectivity index (χ3v) is 4.51. The van der Waals surface area contributed by atoms with Gasteiger partial charge in [0, 0.05) is 7.11 Å². The summed E-state index contributed by atoms with van der Waals surface area (Å²) in [7, 11) is 1.48. The summed E-state index contributed by atoms with van der Waals surface area (Å²) in [5.74, 6) is -2.95. The van der Waals surface area contributed by atoms with Crippen LogP contribution in [0.2, 0.25) is 0 Å². The number of allylic oxidation sites excluding steroid dienone is 1. The minimum Gasteiger partial charge on any atom is -0.481 e. The van der Waals surface area contributed by atoms with Gasteiger partial charge in [-0.1, -0.05) is 6.08 Å². The van der Waals surface area contributed by atoms with Gasteiger partial charge in [-0.25, -0.2) is 4.79 Å². The van der Waals surface area contributed by atoms with Gasteiger partial charge in [0.25, 0.3) is 0 Å². The molecule has 2 N–H and O–H groups in total. The molecule has 160 valence electrons. The summed E-state index contributed by atoms with van der Waals surface area (Å²) in [6.45, 7) is 12.3. The SMILES string of the molecule is C=CC[C@H](C(=O)O)[C@H](NC(=O)OC(C)(C)C)[C@H]1O[C@@H]2OC(C)(C)O[C@@H]2[C@H]1OC. The van der Waals surface area contributed by atoms with E-state index in [4.69, 9.17) is 23.7 Å². The molecule has 0 bridgehead atoms. The Bertz CT molecular complexity index is 599. The Kier molecular flexibility index (Phi) is 6.75. The van der Waals surface area contributed by atoms with E-state index in [-0.39, 0.29) is 6.42 Å². The molecule has 1 amide bonds. The highest BCUT2D eigenvalue weighted by molar-refractivity contribution is 5.74. The Morgan fingerprint density at radius 3 is 2.46 bits per heavy atom. The third kappa shape index (κ3) is 5.22. The van der Waals surface area contributed by atoms with Gasteiger partial charge in [-0.2, -0.15) is 0 Å². The van der Waals surface area contributed by atoms with Crippen molar-refractivity contribution in [1.82, 2.24) is 5.32 Å². The Morgan fingerprint density at radius 1 is 1.32 bits per heavy atom. The van der Waals surface area contributed by atoms with Gasteiger partial charge in [0.05, 0.1) is 12.0 Å². The summed E-state index contributed by atoms with van der Waals surface area (Å²) >= 11 is 0. The van der Waals surface area contributed by atoms with Crippen LogP contribution >= 0.6 is 0 Å². The van der Waals surface area contributed by atoms with Crippen molar-refractivity contribution in [2.45, 2.75) is 83.1 Å². The molecule has 2 heterocycles. The zero-order chi connectivity index (χ0) is 21.3. The highest BCUT2D eigenvalue weighted by Crippen LogP contribution is 2.40. The number of aliphatic carboxylic acids is 1. The van der Waals surface area contributed by atoms with E-state index in [0.717, 1.165) is 0 Å². The van der Waals surface area contributed by atoms with E-state index in [0.29, 0.717) is 0 Å². The summed E-state index contributed by atoms with van der Waals surface area (Å²) in [6, 6.07) is -0.948. The van der Waals surface area contributed by atoms with E-state index in [1.54, 1.807) is 34.6 Å². The predicted octanol–water partition coefficient (Wildman–Crippen LogP) is 2.05. The zero-order valence-corrected chi connectivity index (χ0v) is 17.3.